The Hall–Kier alpha value is -1.13. The van der Waals surface area contributed by atoms with Gasteiger partial charge in [-0.3, -0.25) is 0 Å². The van der Waals surface area contributed by atoms with E-state index in [0.717, 1.165) is 18.5 Å². The van der Waals surface area contributed by atoms with Crippen LogP contribution < -0.4 is 4.90 Å². The molecule has 0 aliphatic heterocycles. The molecule has 1 aromatic rings. The molecule has 4 heteroatoms. The molecule has 106 valence electrons. The molecule has 19 heavy (non-hydrogen) atoms. The minimum atomic E-state index is -0.716. The van der Waals surface area contributed by atoms with E-state index < -0.39 is 6.10 Å². The lowest BCUT2D eigenvalue weighted by molar-refractivity contribution is 0.198. The first-order valence-corrected chi connectivity index (χ1v) is 6.90. The van der Waals surface area contributed by atoms with Crippen molar-refractivity contribution >= 4 is 5.69 Å². The first-order chi connectivity index (χ1) is 9.04. The lowest BCUT2D eigenvalue weighted by Crippen LogP contribution is -2.42. The molecule has 0 spiro atoms. The monoisotopic (exact) mass is 267 g/mol. The number of anilines is 1. The van der Waals surface area contributed by atoms with Crippen molar-refractivity contribution in [3.8, 4) is 0 Å². The zero-order chi connectivity index (χ0) is 14.0. The summed E-state index contributed by atoms with van der Waals surface area (Å²) in [5.74, 6) is -0.294. The molecule has 0 unspecified atom stereocenters. The molecular formula is C15H22FNO2. The van der Waals surface area contributed by atoms with Gasteiger partial charge in [0.05, 0.1) is 12.7 Å². The molecule has 1 saturated carbocycles. The van der Waals surface area contributed by atoms with E-state index >= 15 is 0 Å². The van der Waals surface area contributed by atoms with E-state index in [1.807, 2.05) is 0 Å². The third kappa shape index (κ3) is 2.90. The van der Waals surface area contributed by atoms with Crippen LogP contribution in [0, 0.1) is 12.7 Å². The van der Waals surface area contributed by atoms with Crippen LogP contribution in [0.5, 0.6) is 0 Å². The van der Waals surface area contributed by atoms with Gasteiger partial charge in [-0.25, -0.2) is 4.39 Å². The Labute approximate surface area is 113 Å². The largest absolute Gasteiger partial charge is 0.395 e. The Morgan fingerprint density at radius 3 is 2.58 bits per heavy atom. The Balaban J connectivity index is 2.41. The number of hydrogen-bond acceptors (Lipinski definition) is 3. The summed E-state index contributed by atoms with van der Waals surface area (Å²) in [6.07, 6.45) is 2.66. The van der Waals surface area contributed by atoms with Gasteiger partial charge in [0.2, 0.25) is 0 Å². The second kappa shape index (κ2) is 5.88. The van der Waals surface area contributed by atoms with Crippen molar-refractivity contribution in [2.45, 2.75) is 45.3 Å². The number of rotatable bonds is 5. The van der Waals surface area contributed by atoms with Gasteiger partial charge in [0, 0.05) is 23.8 Å². The van der Waals surface area contributed by atoms with Crippen LogP contribution in [0.3, 0.4) is 0 Å². The van der Waals surface area contributed by atoms with Crippen LogP contribution in [0.4, 0.5) is 10.1 Å². The molecule has 1 aliphatic carbocycles. The number of nitrogens with zero attached hydrogens (tertiary/aromatic N) is 1. The van der Waals surface area contributed by atoms with E-state index in [2.05, 4.69) is 4.90 Å². The molecule has 0 saturated heterocycles. The summed E-state index contributed by atoms with van der Waals surface area (Å²) in [7, 11) is 0. The van der Waals surface area contributed by atoms with Crippen LogP contribution >= 0.6 is 0 Å². The molecule has 0 heterocycles. The van der Waals surface area contributed by atoms with Crippen LogP contribution in [0.25, 0.3) is 0 Å². The van der Waals surface area contributed by atoms with Gasteiger partial charge in [-0.15, -0.1) is 0 Å². The van der Waals surface area contributed by atoms with Crippen molar-refractivity contribution in [3.05, 3.63) is 29.1 Å². The van der Waals surface area contributed by atoms with Gasteiger partial charge in [-0.1, -0.05) is 0 Å². The maximum Gasteiger partial charge on any atom is 0.126 e. The van der Waals surface area contributed by atoms with Gasteiger partial charge in [0.1, 0.15) is 5.82 Å². The standard InChI is InChI=1S/C15H22FNO2/c1-10-8-15(13(11(2)19)9-14(10)16)17(6-7-18)12-4-3-5-12/h8-9,11-12,18-19H,3-7H2,1-2H3/t11-/m1/s1. The zero-order valence-corrected chi connectivity index (χ0v) is 11.6. The van der Waals surface area contributed by atoms with E-state index in [9.17, 15) is 14.6 Å². The van der Waals surface area contributed by atoms with E-state index in [-0.39, 0.29) is 12.4 Å². The topological polar surface area (TPSA) is 43.7 Å². The van der Waals surface area contributed by atoms with Crippen LogP contribution in [-0.4, -0.2) is 29.4 Å². The molecule has 1 fully saturated rings. The highest BCUT2D eigenvalue weighted by Crippen LogP contribution is 2.35. The van der Waals surface area contributed by atoms with E-state index in [0.29, 0.717) is 23.7 Å². The van der Waals surface area contributed by atoms with Crippen LogP contribution in [0.1, 0.15) is 43.4 Å². The van der Waals surface area contributed by atoms with Crippen LogP contribution in [-0.2, 0) is 0 Å². The number of benzene rings is 1. The van der Waals surface area contributed by atoms with Crippen molar-refractivity contribution < 1.29 is 14.6 Å². The number of aryl methyl sites for hydroxylation is 1. The first-order valence-electron chi connectivity index (χ1n) is 6.90. The second-order valence-corrected chi connectivity index (χ2v) is 5.34. The van der Waals surface area contributed by atoms with Crippen LogP contribution in [0.15, 0.2) is 12.1 Å². The molecule has 1 aromatic carbocycles. The molecule has 2 rings (SSSR count). The fourth-order valence-corrected chi connectivity index (χ4v) is 2.57. The first kappa shape index (κ1) is 14.3. The number of hydrogen-bond donors (Lipinski definition) is 2. The van der Waals surface area contributed by atoms with Crippen LogP contribution in [0.2, 0.25) is 0 Å². The molecule has 3 nitrogen and oxygen atoms in total. The van der Waals surface area contributed by atoms with Gasteiger partial charge in [0.15, 0.2) is 0 Å². The predicted octanol–water partition coefficient (Wildman–Crippen LogP) is 2.54. The number of halogens is 1. The van der Waals surface area contributed by atoms with Crippen molar-refractivity contribution in [2.75, 3.05) is 18.1 Å². The van der Waals surface area contributed by atoms with Crippen molar-refractivity contribution in [1.29, 1.82) is 0 Å². The quantitative estimate of drug-likeness (QED) is 0.861. The van der Waals surface area contributed by atoms with Gasteiger partial charge in [0.25, 0.3) is 0 Å². The van der Waals surface area contributed by atoms with Gasteiger partial charge < -0.3 is 15.1 Å². The molecule has 1 aliphatic rings. The van der Waals surface area contributed by atoms with Crippen molar-refractivity contribution in [3.63, 3.8) is 0 Å². The predicted molar refractivity (Wildman–Crippen MR) is 73.8 cm³/mol. The lowest BCUT2D eigenvalue weighted by Gasteiger charge is -2.40. The third-order valence-corrected chi connectivity index (χ3v) is 3.92. The molecule has 0 radical (unpaired) electrons. The molecule has 0 bridgehead atoms. The molecule has 1 atom stereocenters. The minimum Gasteiger partial charge on any atom is -0.395 e. The number of aliphatic hydroxyl groups excluding tert-OH is 2. The zero-order valence-electron chi connectivity index (χ0n) is 11.6. The van der Waals surface area contributed by atoms with Gasteiger partial charge in [-0.05, 0) is 50.8 Å². The van der Waals surface area contributed by atoms with Gasteiger partial charge >= 0.3 is 0 Å². The Kier molecular flexibility index (Phi) is 4.42. The Bertz CT molecular complexity index is 444. The maximum absolute atomic E-state index is 13.7. The number of aliphatic hydroxyl groups is 2. The van der Waals surface area contributed by atoms with E-state index in [4.69, 9.17) is 0 Å². The summed E-state index contributed by atoms with van der Waals surface area (Å²) in [6, 6.07) is 3.60. The van der Waals surface area contributed by atoms with Gasteiger partial charge in [-0.2, -0.15) is 0 Å². The highest BCUT2D eigenvalue weighted by atomic mass is 19.1. The summed E-state index contributed by atoms with van der Waals surface area (Å²) >= 11 is 0. The highest BCUT2D eigenvalue weighted by molar-refractivity contribution is 5.57. The third-order valence-electron chi connectivity index (χ3n) is 3.92. The average molecular weight is 267 g/mol. The molecular weight excluding hydrogens is 245 g/mol. The second-order valence-electron chi connectivity index (χ2n) is 5.34. The normalized spacial score (nSPS) is 17.1. The van der Waals surface area contributed by atoms with E-state index in [1.54, 1.807) is 19.9 Å². The minimum absolute atomic E-state index is 0.0617. The Morgan fingerprint density at radius 1 is 1.42 bits per heavy atom. The van der Waals surface area contributed by atoms with E-state index in [1.165, 1.54) is 12.5 Å². The average Bonchev–Trinajstić information content (AvgIpc) is 2.29. The lowest BCUT2D eigenvalue weighted by atomic mass is 9.90. The summed E-state index contributed by atoms with van der Waals surface area (Å²) in [5, 5.41) is 19.1. The molecule has 0 amide bonds. The summed E-state index contributed by atoms with van der Waals surface area (Å²) in [6.45, 7) is 3.95. The SMILES string of the molecule is Cc1cc(N(CCO)C2CCC2)c([C@@H](C)O)cc1F. The summed E-state index contributed by atoms with van der Waals surface area (Å²) in [5.41, 5.74) is 2.03. The maximum atomic E-state index is 13.7. The highest BCUT2D eigenvalue weighted by Gasteiger charge is 2.27. The fraction of sp³-hybridized carbons (Fsp3) is 0.600. The molecule has 2 N–H and O–H groups in total. The smallest absolute Gasteiger partial charge is 0.126 e. The van der Waals surface area contributed by atoms with Crippen molar-refractivity contribution in [2.24, 2.45) is 0 Å². The molecule has 0 aromatic heterocycles. The Morgan fingerprint density at radius 2 is 2.11 bits per heavy atom. The van der Waals surface area contributed by atoms with Crippen molar-refractivity contribution in [1.82, 2.24) is 0 Å². The summed E-state index contributed by atoms with van der Waals surface area (Å²) < 4.78 is 13.7. The fourth-order valence-electron chi connectivity index (χ4n) is 2.57. The summed E-state index contributed by atoms with van der Waals surface area (Å²) in [4.78, 5) is 2.11.